The lowest BCUT2D eigenvalue weighted by molar-refractivity contribution is 0.0519. The van der Waals surface area contributed by atoms with Crippen LogP contribution in [0.4, 0.5) is 0 Å². The van der Waals surface area contributed by atoms with Gasteiger partial charge in [-0.05, 0) is 19.4 Å². The lowest BCUT2D eigenvalue weighted by Gasteiger charge is -2.01. The normalized spacial score (nSPS) is 10.6. The second kappa shape index (κ2) is 4.30. The molecule has 0 amide bonds. The summed E-state index contributed by atoms with van der Waals surface area (Å²) < 4.78 is 6.77. The Kier molecular flexibility index (Phi) is 2.85. The van der Waals surface area contributed by atoms with Crippen molar-refractivity contribution in [1.29, 1.82) is 0 Å². The molecule has 84 valence electrons. The van der Waals surface area contributed by atoms with Gasteiger partial charge in [0.2, 0.25) is 5.78 Å². The number of aromatic nitrogens is 3. The van der Waals surface area contributed by atoms with Crippen molar-refractivity contribution in [1.82, 2.24) is 14.4 Å². The molecule has 5 nitrogen and oxygen atoms in total. The molecule has 16 heavy (non-hydrogen) atoms. The molecule has 0 spiro atoms. The van der Waals surface area contributed by atoms with Crippen molar-refractivity contribution >= 4 is 11.7 Å². The summed E-state index contributed by atoms with van der Waals surface area (Å²) in [5, 5.41) is 0. The minimum atomic E-state index is -0.384. The van der Waals surface area contributed by atoms with E-state index in [1.54, 1.807) is 13.1 Å². The molecule has 0 atom stereocenters. The molecule has 5 heteroatoms. The summed E-state index contributed by atoms with van der Waals surface area (Å²) in [6.45, 7) is 4.10. The minimum absolute atomic E-state index is 0.350. The summed E-state index contributed by atoms with van der Waals surface area (Å²) in [6, 6.07) is 1.81. The van der Waals surface area contributed by atoms with E-state index >= 15 is 0 Å². The van der Waals surface area contributed by atoms with E-state index in [0.29, 0.717) is 24.5 Å². The predicted molar refractivity (Wildman–Crippen MR) is 58.3 cm³/mol. The summed E-state index contributed by atoms with van der Waals surface area (Å²) in [7, 11) is 0. The molecule has 2 aromatic rings. The molecule has 2 aromatic heterocycles. The van der Waals surface area contributed by atoms with Crippen molar-refractivity contribution in [2.45, 2.75) is 20.3 Å². The number of hydrogen-bond acceptors (Lipinski definition) is 4. The molecule has 2 heterocycles. The van der Waals surface area contributed by atoms with Gasteiger partial charge >= 0.3 is 5.97 Å². The van der Waals surface area contributed by atoms with Gasteiger partial charge in [-0.3, -0.25) is 4.40 Å². The summed E-state index contributed by atoms with van der Waals surface area (Å²) in [5.74, 6) is 0.146. The Morgan fingerprint density at radius 2 is 2.31 bits per heavy atom. The standard InChI is InChI=1S/C11H13N3O2/c1-3-8-9(10(15)16-4-2)13-11-12-6-5-7-14(8)11/h5-7H,3-4H2,1-2H3. The van der Waals surface area contributed by atoms with Gasteiger partial charge in [-0.1, -0.05) is 6.92 Å². The first kappa shape index (κ1) is 10.6. The van der Waals surface area contributed by atoms with Crippen LogP contribution in [0.25, 0.3) is 5.78 Å². The highest BCUT2D eigenvalue weighted by Crippen LogP contribution is 2.12. The largest absolute Gasteiger partial charge is 0.461 e. The SMILES string of the molecule is CCOC(=O)c1nc2ncccn2c1CC. The number of carbonyl (C=O) groups is 1. The lowest BCUT2D eigenvalue weighted by atomic mass is 10.2. The predicted octanol–water partition coefficient (Wildman–Crippen LogP) is 1.47. The molecule has 0 fully saturated rings. The van der Waals surface area contributed by atoms with Crippen molar-refractivity contribution < 1.29 is 9.53 Å². The number of carbonyl (C=O) groups excluding carboxylic acids is 1. The molecule has 0 bridgehead atoms. The maximum atomic E-state index is 11.7. The molecule has 0 aliphatic heterocycles. The Hall–Kier alpha value is -1.91. The van der Waals surface area contributed by atoms with Crippen LogP contribution in [-0.2, 0) is 11.2 Å². The molecule has 0 aliphatic carbocycles. The molecule has 0 unspecified atom stereocenters. The third kappa shape index (κ3) is 1.64. The maximum absolute atomic E-state index is 11.7. The first-order valence-corrected chi connectivity index (χ1v) is 5.27. The van der Waals surface area contributed by atoms with Gasteiger partial charge in [0, 0.05) is 12.4 Å². The monoisotopic (exact) mass is 219 g/mol. The van der Waals surface area contributed by atoms with Crippen molar-refractivity contribution in [2.24, 2.45) is 0 Å². The second-order valence-corrected chi connectivity index (χ2v) is 3.27. The van der Waals surface area contributed by atoms with Gasteiger partial charge < -0.3 is 4.74 Å². The van der Waals surface area contributed by atoms with Gasteiger partial charge in [-0.25, -0.2) is 14.8 Å². The van der Waals surface area contributed by atoms with Crippen LogP contribution in [-0.4, -0.2) is 26.9 Å². The first-order chi connectivity index (χ1) is 7.77. The first-order valence-electron chi connectivity index (χ1n) is 5.27. The van der Waals surface area contributed by atoms with Crippen LogP contribution in [0.5, 0.6) is 0 Å². The minimum Gasteiger partial charge on any atom is -0.461 e. The summed E-state index contributed by atoms with van der Waals surface area (Å²) in [6.07, 6.45) is 4.20. The Morgan fingerprint density at radius 1 is 1.50 bits per heavy atom. The number of esters is 1. The van der Waals surface area contributed by atoms with Gasteiger partial charge in [0.1, 0.15) is 0 Å². The fourth-order valence-electron chi connectivity index (χ4n) is 1.64. The molecule has 0 aromatic carbocycles. The van der Waals surface area contributed by atoms with Crippen LogP contribution >= 0.6 is 0 Å². The van der Waals surface area contributed by atoms with E-state index in [0.717, 1.165) is 5.69 Å². The maximum Gasteiger partial charge on any atom is 0.358 e. The van der Waals surface area contributed by atoms with Gasteiger partial charge in [-0.2, -0.15) is 0 Å². The summed E-state index contributed by atoms with van der Waals surface area (Å²) in [4.78, 5) is 19.9. The molecule has 0 aliphatic rings. The van der Waals surface area contributed by atoms with E-state index in [2.05, 4.69) is 9.97 Å². The average Bonchev–Trinajstić information content (AvgIpc) is 2.67. The van der Waals surface area contributed by atoms with Gasteiger partial charge in [-0.15, -0.1) is 0 Å². The fourth-order valence-corrected chi connectivity index (χ4v) is 1.64. The molecule has 0 radical (unpaired) electrons. The van der Waals surface area contributed by atoms with Crippen LogP contribution < -0.4 is 0 Å². The van der Waals surface area contributed by atoms with E-state index in [1.165, 1.54) is 0 Å². The number of aryl methyl sites for hydroxylation is 1. The Bertz CT molecular complexity index is 519. The zero-order chi connectivity index (χ0) is 11.5. The van der Waals surface area contributed by atoms with E-state index in [9.17, 15) is 4.79 Å². The number of hydrogen-bond donors (Lipinski definition) is 0. The van der Waals surface area contributed by atoms with Crippen LogP contribution in [0.2, 0.25) is 0 Å². The molecule has 0 N–H and O–H groups in total. The zero-order valence-electron chi connectivity index (χ0n) is 9.30. The molecular formula is C11H13N3O2. The Morgan fingerprint density at radius 3 is 3.00 bits per heavy atom. The number of ether oxygens (including phenoxy) is 1. The van der Waals surface area contributed by atoms with Crippen LogP contribution in [0.15, 0.2) is 18.5 Å². The van der Waals surface area contributed by atoms with E-state index in [4.69, 9.17) is 4.74 Å². The van der Waals surface area contributed by atoms with Crippen molar-refractivity contribution in [3.05, 3.63) is 29.8 Å². The van der Waals surface area contributed by atoms with Crippen LogP contribution in [0, 0.1) is 0 Å². The van der Waals surface area contributed by atoms with Crippen LogP contribution in [0.3, 0.4) is 0 Å². The number of imidazole rings is 1. The highest BCUT2D eigenvalue weighted by molar-refractivity contribution is 5.89. The smallest absolute Gasteiger partial charge is 0.358 e. The topological polar surface area (TPSA) is 56.5 Å². The Balaban J connectivity index is 2.56. The third-order valence-corrected chi connectivity index (χ3v) is 2.31. The zero-order valence-corrected chi connectivity index (χ0v) is 9.30. The second-order valence-electron chi connectivity index (χ2n) is 3.27. The number of rotatable bonds is 3. The molecule has 2 rings (SSSR count). The van der Waals surface area contributed by atoms with Gasteiger partial charge in [0.25, 0.3) is 0 Å². The number of nitrogens with zero attached hydrogens (tertiary/aromatic N) is 3. The van der Waals surface area contributed by atoms with E-state index in [-0.39, 0.29) is 5.97 Å². The van der Waals surface area contributed by atoms with E-state index < -0.39 is 0 Å². The van der Waals surface area contributed by atoms with Gasteiger partial charge in [0.05, 0.1) is 12.3 Å². The van der Waals surface area contributed by atoms with Crippen LogP contribution in [0.1, 0.15) is 30.0 Å². The fraction of sp³-hybridized carbons (Fsp3) is 0.364. The quantitative estimate of drug-likeness (QED) is 0.733. The van der Waals surface area contributed by atoms with Crippen molar-refractivity contribution in [3.63, 3.8) is 0 Å². The molecule has 0 saturated carbocycles. The summed E-state index contributed by atoms with van der Waals surface area (Å²) >= 11 is 0. The highest BCUT2D eigenvalue weighted by Gasteiger charge is 2.18. The van der Waals surface area contributed by atoms with Gasteiger partial charge in [0.15, 0.2) is 5.69 Å². The molecule has 0 saturated heterocycles. The Labute approximate surface area is 93.1 Å². The lowest BCUT2D eigenvalue weighted by Crippen LogP contribution is -2.08. The molecular weight excluding hydrogens is 206 g/mol. The average molecular weight is 219 g/mol. The third-order valence-electron chi connectivity index (χ3n) is 2.31. The van der Waals surface area contributed by atoms with Crippen molar-refractivity contribution in [3.8, 4) is 0 Å². The van der Waals surface area contributed by atoms with E-state index in [1.807, 2.05) is 23.6 Å². The number of fused-ring (bicyclic) bond motifs is 1. The van der Waals surface area contributed by atoms with Crippen molar-refractivity contribution in [2.75, 3.05) is 6.61 Å². The highest BCUT2D eigenvalue weighted by atomic mass is 16.5. The summed E-state index contributed by atoms with van der Waals surface area (Å²) in [5.41, 5.74) is 1.20.